The molecule has 0 bridgehead atoms. The van der Waals surface area contributed by atoms with Gasteiger partial charge in [0.05, 0.1) is 6.54 Å². The van der Waals surface area contributed by atoms with Gasteiger partial charge in [-0.2, -0.15) is 0 Å². The van der Waals surface area contributed by atoms with Crippen molar-refractivity contribution in [3.05, 3.63) is 69.6 Å². The van der Waals surface area contributed by atoms with Gasteiger partial charge in [0.2, 0.25) is 0 Å². The quantitative estimate of drug-likeness (QED) is 0.923. The third-order valence-electron chi connectivity index (χ3n) is 3.96. The summed E-state index contributed by atoms with van der Waals surface area (Å²) in [6, 6.07) is 11.5. The number of carbonyl (C=O) groups excluding carboxylic acids is 1. The lowest BCUT2D eigenvalue weighted by Crippen LogP contribution is -2.32. The average Bonchev–Trinajstić information content (AvgIpc) is 2.56. The zero-order valence-electron chi connectivity index (χ0n) is 13.3. The summed E-state index contributed by atoms with van der Waals surface area (Å²) < 4.78 is 1.63. The number of pyridine rings is 1. The largest absolute Gasteiger partial charge is 0.355 e. The maximum atomic E-state index is 12.5. The van der Waals surface area contributed by atoms with Gasteiger partial charge in [0.1, 0.15) is 5.56 Å². The molecule has 1 aromatic carbocycles. The number of carbonyl (C=O) groups is 1. The van der Waals surface area contributed by atoms with Gasteiger partial charge in [-0.05, 0) is 29.5 Å². The SMILES string of the molecule is CCC(C)c1cc(C(=O)NC)c(=O)n(Cc2ccccc2)c1. The smallest absolute Gasteiger partial charge is 0.263 e. The number of hydrogen-bond acceptors (Lipinski definition) is 2. The van der Waals surface area contributed by atoms with Crippen molar-refractivity contribution in [1.82, 2.24) is 9.88 Å². The highest BCUT2D eigenvalue weighted by molar-refractivity contribution is 5.93. The Bertz CT molecular complexity index is 705. The molecule has 1 atom stereocenters. The molecule has 1 N–H and O–H groups in total. The summed E-state index contributed by atoms with van der Waals surface area (Å²) >= 11 is 0. The zero-order valence-corrected chi connectivity index (χ0v) is 13.3. The van der Waals surface area contributed by atoms with E-state index in [0.717, 1.165) is 17.5 Å². The van der Waals surface area contributed by atoms with Crippen molar-refractivity contribution in [2.75, 3.05) is 7.05 Å². The molecule has 2 aromatic rings. The minimum Gasteiger partial charge on any atom is -0.355 e. The van der Waals surface area contributed by atoms with E-state index >= 15 is 0 Å². The van der Waals surface area contributed by atoms with Crippen molar-refractivity contribution >= 4 is 5.91 Å². The van der Waals surface area contributed by atoms with Crippen LogP contribution in [0.25, 0.3) is 0 Å². The van der Waals surface area contributed by atoms with E-state index in [-0.39, 0.29) is 17.0 Å². The molecule has 0 saturated carbocycles. The summed E-state index contributed by atoms with van der Waals surface area (Å²) in [5, 5.41) is 2.55. The fourth-order valence-electron chi connectivity index (χ4n) is 2.36. The second-order valence-corrected chi connectivity index (χ2v) is 5.49. The molecule has 1 unspecified atom stereocenters. The van der Waals surface area contributed by atoms with Crippen LogP contribution >= 0.6 is 0 Å². The number of aromatic nitrogens is 1. The fraction of sp³-hybridized carbons (Fsp3) is 0.333. The molecule has 0 aliphatic carbocycles. The van der Waals surface area contributed by atoms with Gasteiger partial charge in [-0.3, -0.25) is 9.59 Å². The van der Waals surface area contributed by atoms with Crippen LogP contribution in [-0.2, 0) is 6.54 Å². The highest BCUT2D eigenvalue weighted by atomic mass is 16.2. The van der Waals surface area contributed by atoms with Crippen LogP contribution in [0.2, 0.25) is 0 Å². The van der Waals surface area contributed by atoms with E-state index in [1.165, 1.54) is 0 Å². The molecule has 4 heteroatoms. The van der Waals surface area contributed by atoms with Gasteiger partial charge in [0, 0.05) is 13.2 Å². The van der Waals surface area contributed by atoms with Crippen LogP contribution in [-0.4, -0.2) is 17.5 Å². The molecule has 0 aliphatic rings. The van der Waals surface area contributed by atoms with Crippen LogP contribution in [0.15, 0.2) is 47.4 Å². The number of hydrogen-bond donors (Lipinski definition) is 1. The molecule has 1 aromatic heterocycles. The predicted molar refractivity (Wildman–Crippen MR) is 88.3 cm³/mol. The number of benzene rings is 1. The molecular weight excluding hydrogens is 276 g/mol. The third-order valence-corrected chi connectivity index (χ3v) is 3.96. The van der Waals surface area contributed by atoms with E-state index in [9.17, 15) is 9.59 Å². The lowest BCUT2D eigenvalue weighted by Gasteiger charge is -2.15. The summed E-state index contributed by atoms with van der Waals surface area (Å²) in [7, 11) is 1.54. The van der Waals surface area contributed by atoms with Gasteiger partial charge >= 0.3 is 0 Å². The number of rotatable bonds is 5. The van der Waals surface area contributed by atoms with E-state index in [1.54, 1.807) is 17.7 Å². The van der Waals surface area contributed by atoms with Gasteiger partial charge in [-0.15, -0.1) is 0 Å². The predicted octanol–water partition coefficient (Wildman–Crippen LogP) is 2.77. The molecule has 0 aliphatic heterocycles. The van der Waals surface area contributed by atoms with Crippen LogP contribution in [0.5, 0.6) is 0 Å². The zero-order chi connectivity index (χ0) is 16.1. The summed E-state index contributed by atoms with van der Waals surface area (Å²) in [5.74, 6) is -0.0389. The molecule has 4 nitrogen and oxygen atoms in total. The lowest BCUT2D eigenvalue weighted by molar-refractivity contribution is 0.0961. The van der Waals surface area contributed by atoms with Crippen molar-refractivity contribution in [2.45, 2.75) is 32.7 Å². The molecule has 22 heavy (non-hydrogen) atoms. The van der Waals surface area contributed by atoms with E-state index in [2.05, 4.69) is 19.2 Å². The molecule has 0 saturated heterocycles. The number of amides is 1. The van der Waals surface area contributed by atoms with Crippen LogP contribution in [0.1, 0.15) is 47.7 Å². The molecule has 2 rings (SSSR count). The molecule has 1 heterocycles. The minimum absolute atomic E-state index is 0.205. The Morgan fingerprint density at radius 2 is 1.95 bits per heavy atom. The van der Waals surface area contributed by atoms with Crippen LogP contribution < -0.4 is 10.9 Å². The first-order valence-corrected chi connectivity index (χ1v) is 7.57. The Hall–Kier alpha value is -2.36. The molecule has 0 fully saturated rings. The van der Waals surface area contributed by atoms with Crippen molar-refractivity contribution in [3.63, 3.8) is 0 Å². The van der Waals surface area contributed by atoms with Crippen molar-refractivity contribution in [2.24, 2.45) is 0 Å². The Morgan fingerprint density at radius 1 is 1.27 bits per heavy atom. The molecule has 0 spiro atoms. The second-order valence-electron chi connectivity index (χ2n) is 5.49. The van der Waals surface area contributed by atoms with Crippen molar-refractivity contribution in [1.29, 1.82) is 0 Å². The Balaban J connectivity index is 2.51. The first kappa shape index (κ1) is 16.0. The molecule has 116 valence electrons. The van der Waals surface area contributed by atoms with Crippen molar-refractivity contribution < 1.29 is 4.79 Å². The highest BCUT2D eigenvalue weighted by Crippen LogP contribution is 2.18. The van der Waals surface area contributed by atoms with E-state index in [4.69, 9.17) is 0 Å². The molecule has 1 amide bonds. The second kappa shape index (κ2) is 7.07. The fourth-order valence-corrected chi connectivity index (χ4v) is 2.36. The summed E-state index contributed by atoms with van der Waals surface area (Å²) in [4.78, 5) is 24.5. The number of nitrogens with zero attached hydrogens (tertiary/aromatic N) is 1. The standard InChI is InChI=1S/C18H22N2O2/c1-4-13(2)15-10-16(17(21)19-3)18(22)20(12-15)11-14-8-6-5-7-9-14/h5-10,12-13H,4,11H2,1-3H3,(H,19,21). The first-order valence-electron chi connectivity index (χ1n) is 7.57. The summed E-state index contributed by atoms with van der Waals surface area (Å²) in [5.41, 5.74) is 2.00. The van der Waals surface area contributed by atoms with Crippen LogP contribution in [0, 0.1) is 0 Å². The summed E-state index contributed by atoms with van der Waals surface area (Å²) in [6.45, 7) is 4.66. The maximum Gasteiger partial charge on any atom is 0.263 e. The third kappa shape index (κ3) is 3.45. The van der Waals surface area contributed by atoms with E-state index in [1.807, 2.05) is 36.5 Å². The van der Waals surface area contributed by atoms with Crippen LogP contribution in [0.4, 0.5) is 0 Å². The summed E-state index contributed by atoms with van der Waals surface area (Å²) in [6.07, 6.45) is 2.83. The topological polar surface area (TPSA) is 51.1 Å². The Kier molecular flexibility index (Phi) is 5.15. The Morgan fingerprint density at radius 3 is 2.55 bits per heavy atom. The normalized spacial score (nSPS) is 12.0. The molecular formula is C18H22N2O2. The van der Waals surface area contributed by atoms with Crippen molar-refractivity contribution in [3.8, 4) is 0 Å². The van der Waals surface area contributed by atoms with E-state index in [0.29, 0.717) is 12.5 Å². The van der Waals surface area contributed by atoms with Gasteiger partial charge in [-0.25, -0.2) is 0 Å². The minimum atomic E-state index is -0.336. The maximum absolute atomic E-state index is 12.5. The van der Waals surface area contributed by atoms with Crippen LogP contribution in [0.3, 0.4) is 0 Å². The van der Waals surface area contributed by atoms with Gasteiger partial charge in [0.15, 0.2) is 0 Å². The lowest BCUT2D eigenvalue weighted by atomic mass is 9.98. The van der Waals surface area contributed by atoms with Gasteiger partial charge < -0.3 is 9.88 Å². The monoisotopic (exact) mass is 298 g/mol. The molecule has 0 radical (unpaired) electrons. The Labute approximate surface area is 130 Å². The average molecular weight is 298 g/mol. The highest BCUT2D eigenvalue weighted by Gasteiger charge is 2.15. The van der Waals surface area contributed by atoms with Gasteiger partial charge in [-0.1, -0.05) is 44.2 Å². The first-order chi connectivity index (χ1) is 10.6. The van der Waals surface area contributed by atoms with E-state index < -0.39 is 0 Å². The number of nitrogens with one attached hydrogen (secondary N) is 1. The van der Waals surface area contributed by atoms with Gasteiger partial charge in [0.25, 0.3) is 11.5 Å².